The van der Waals surface area contributed by atoms with Crippen LogP contribution in [0.5, 0.6) is 0 Å². The quantitative estimate of drug-likeness (QED) is 0.813. The fraction of sp³-hybridized carbons (Fsp3) is 0.333. The van der Waals surface area contributed by atoms with E-state index in [-0.39, 0.29) is 12.2 Å². The van der Waals surface area contributed by atoms with E-state index in [9.17, 15) is 13.6 Å². The van der Waals surface area contributed by atoms with Gasteiger partial charge in [-0.15, -0.1) is 0 Å². The lowest BCUT2D eigenvalue weighted by molar-refractivity contribution is 0.00883. The van der Waals surface area contributed by atoms with Crippen LogP contribution in [-0.4, -0.2) is 29.1 Å². The molecular weight excluding hydrogens is 208 g/mol. The number of ether oxygens (including phenoxy) is 1. The average molecular weight is 217 g/mol. The van der Waals surface area contributed by atoms with Crippen LogP contribution in [0, 0.1) is 0 Å². The molecule has 15 heavy (non-hydrogen) atoms. The Morgan fingerprint density at radius 1 is 1.53 bits per heavy atom. The van der Waals surface area contributed by atoms with Gasteiger partial charge in [0.15, 0.2) is 0 Å². The third-order valence-electron chi connectivity index (χ3n) is 1.57. The molecule has 1 heterocycles. The number of rotatable bonds is 5. The molecule has 0 unspecified atom stereocenters. The number of pyridine rings is 1. The molecule has 0 radical (unpaired) electrons. The Morgan fingerprint density at radius 2 is 2.27 bits per heavy atom. The van der Waals surface area contributed by atoms with Gasteiger partial charge in [-0.05, 0) is 12.1 Å². The van der Waals surface area contributed by atoms with Crippen molar-refractivity contribution >= 4 is 5.97 Å². The molecular formula is C9H9F2NO3. The number of halogens is 2. The molecule has 0 atom stereocenters. The SMILES string of the molecule is O=C(O)c1ccc(COCC(F)F)nc1. The molecule has 1 N–H and O–H groups in total. The Hall–Kier alpha value is -1.56. The number of carbonyl (C=O) groups is 1. The summed E-state index contributed by atoms with van der Waals surface area (Å²) in [6.45, 7) is -0.702. The maximum Gasteiger partial charge on any atom is 0.337 e. The molecule has 0 amide bonds. The molecule has 0 aromatic carbocycles. The molecule has 0 fully saturated rings. The lowest BCUT2D eigenvalue weighted by Gasteiger charge is -2.02. The van der Waals surface area contributed by atoms with Crippen LogP contribution in [-0.2, 0) is 11.3 Å². The lowest BCUT2D eigenvalue weighted by Crippen LogP contribution is -2.05. The second-order valence-corrected chi connectivity index (χ2v) is 2.75. The van der Waals surface area contributed by atoms with Crippen molar-refractivity contribution in [2.45, 2.75) is 13.0 Å². The number of carboxylic acid groups (broad SMARTS) is 1. The van der Waals surface area contributed by atoms with Crippen molar-refractivity contribution < 1.29 is 23.4 Å². The first-order chi connectivity index (χ1) is 7.09. The Kier molecular flexibility index (Phi) is 4.11. The third kappa shape index (κ3) is 3.99. The second-order valence-electron chi connectivity index (χ2n) is 2.75. The third-order valence-corrected chi connectivity index (χ3v) is 1.57. The number of alkyl halides is 2. The highest BCUT2D eigenvalue weighted by molar-refractivity contribution is 5.87. The fourth-order valence-electron chi connectivity index (χ4n) is 0.889. The molecule has 6 heteroatoms. The van der Waals surface area contributed by atoms with Crippen LogP contribution in [0.3, 0.4) is 0 Å². The predicted molar refractivity (Wildman–Crippen MR) is 46.9 cm³/mol. The Morgan fingerprint density at radius 3 is 2.73 bits per heavy atom. The van der Waals surface area contributed by atoms with Crippen molar-refractivity contribution in [3.8, 4) is 0 Å². The summed E-state index contributed by atoms with van der Waals surface area (Å²) in [5, 5.41) is 8.55. The standard InChI is InChI=1S/C9H9F2NO3/c10-8(11)5-15-4-7-2-1-6(3-12-7)9(13)14/h1-3,8H,4-5H2,(H,13,14). The largest absolute Gasteiger partial charge is 0.478 e. The average Bonchev–Trinajstić information content (AvgIpc) is 2.18. The molecule has 0 aliphatic carbocycles. The van der Waals surface area contributed by atoms with Gasteiger partial charge in [0.05, 0.1) is 17.9 Å². The zero-order chi connectivity index (χ0) is 11.3. The van der Waals surface area contributed by atoms with Gasteiger partial charge in [0, 0.05) is 6.20 Å². The van der Waals surface area contributed by atoms with Crippen LogP contribution in [0.2, 0.25) is 0 Å². The van der Waals surface area contributed by atoms with Crippen LogP contribution in [0.1, 0.15) is 16.1 Å². The molecule has 0 saturated heterocycles. The lowest BCUT2D eigenvalue weighted by atomic mass is 10.2. The Balaban J connectivity index is 2.46. The molecule has 1 rings (SSSR count). The minimum absolute atomic E-state index is 0.0487. The van der Waals surface area contributed by atoms with Gasteiger partial charge in [0.2, 0.25) is 0 Å². The summed E-state index contributed by atoms with van der Waals surface area (Å²) in [5.74, 6) is -1.08. The zero-order valence-corrected chi connectivity index (χ0v) is 7.69. The number of aromatic nitrogens is 1. The van der Waals surface area contributed by atoms with Crippen molar-refractivity contribution in [2.24, 2.45) is 0 Å². The van der Waals surface area contributed by atoms with Gasteiger partial charge in [0.1, 0.15) is 6.61 Å². The van der Waals surface area contributed by atoms with E-state index in [1.807, 2.05) is 0 Å². The number of aromatic carboxylic acids is 1. The van der Waals surface area contributed by atoms with Gasteiger partial charge in [-0.25, -0.2) is 13.6 Å². The van der Waals surface area contributed by atoms with E-state index in [1.165, 1.54) is 12.1 Å². The van der Waals surface area contributed by atoms with Crippen molar-refractivity contribution in [3.05, 3.63) is 29.6 Å². The van der Waals surface area contributed by atoms with Gasteiger partial charge < -0.3 is 9.84 Å². The smallest absolute Gasteiger partial charge is 0.337 e. The number of carboxylic acids is 1. The summed E-state index contributed by atoms with van der Waals surface area (Å²) < 4.78 is 28.0. The van der Waals surface area contributed by atoms with Gasteiger partial charge >= 0.3 is 5.97 Å². The fourth-order valence-corrected chi connectivity index (χ4v) is 0.889. The molecule has 1 aromatic rings. The van der Waals surface area contributed by atoms with Gasteiger partial charge in [-0.3, -0.25) is 4.98 Å². The maximum atomic E-state index is 11.7. The summed E-state index contributed by atoms with van der Waals surface area (Å²) >= 11 is 0. The first-order valence-electron chi connectivity index (χ1n) is 4.13. The van der Waals surface area contributed by atoms with E-state index in [2.05, 4.69) is 9.72 Å². The molecule has 4 nitrogen and oxygen atoms in total. The van der Waals surface area contributed by atoms with Crippen LogP contribution < -0.4 is 0 Å². The molecule has 0 spiro atoms. The van der Waals surface area contributed by atoms with Crippen molar-refractivity contribution in [3.63, 3.8) is 0 Å². The minimum atomic E-state index is -2.51. The first kappa shape index (κ1) is 11.5. The second kappa shape index (κ2) is 5.35. The van der Waals surface area contributed by atoms with Crippen LogP contribution in [0.15, 0.2) is 18.3 Å². The monoisotopic (exact) mass is 217 g/mol. The number of hydrogen-bond acceptors (Lipinski definition) is 3. The summed E-state index contributed by atoms with van der Waals surface area (Å²) in [4.78, 5) is 14.2. The maximum absolute atomic E-state index is 11.7. The van der Waals surface area contributed by atoms with E-state index in [0.717, 1.165) is 6.20 Å². The minimum Gasteiger partial charge on any atom is -0.478 e. The van der Waals surface area contributed by atoms with Crippen LogP contribution >= 0.6 is 0 Å². The van der Waals surface area contributed by atoms with Gasteiger partial charge in [0.25, 0.3) is 6.43 Å². The van der Waals surface area contributed by atoms with Crippen molar-refractivity contribution in [2.75, 3.05) is 6.61 Å². The van der Waals surface area contributed by atoms with Crippen LogP contribution in [0.4, 0.5) is 8.78 Å². The number of nitrogens with zero attached hydrogens (tertiary/aromatic N) is 1. The van der Waals surface area contributed by atoms with E-state index >= 15 is 0 Å². The highest BCUT2D eigenvalue weighted by atomic mass is 19.3. The highest BCUT2D eigenvalue weighted by Gasteiger charge is 2.05. The molecule has 0 saturated carbocycles. The summed E-state index contributed by atoms with van der Waals surface area (Å²) in [6, 6.07) is 2.77. The normalized spacial score (nSPS) is 10.6. The van der Waals surface area contributed by atoms with Crippen LogP contribution in [0.25, 0.3) is 0 Å². The summed E-state index contributed by atoms with van der Waals surface area (Å²) in [7, 11) is 0. The van der Waals surface area contributed by atoms with Crippen molar-refractivity contribution in [1.29, 1.82) is 0 Å². The highest BCUT2D eigenvalue weighted by Crippen LogP contribution is 2.03. The molecule has 0 bridgehead atoms. The van der Waals surface area contributed by atoms with Gasteiger partial charge in [-0.1, -0.05) is 0 Å². The Bertz CT molecular complexity index is 327. The topological polar surface area (TPSA) is 59.4 Å². The van der Waals surface area contributed by atoms with E-state index < -0.39 is 19.0 Å². The molecule has 82 valence electrons. The van der Waals surface area contributed by atoms with Gasteiger partial charge in [-0.2, -0.15) is 0 Å². The van der Waals surface area contributed by atoms with E-state index in [0.29, 0.717) is 5.69 Å². The van der Waals surface area contributed by atoms with Crippen molar-refractivity contribution in [1.82, 2.24) is 4.98 Å². The summed E-state index contributed by atoms with van der Waals surface area (Å²) in [5.41, 5.74) is 0.466. The zero-order valence-electron chi connectivity index (χ0n) is 7.69. The molecule has 1 aromatic heterocycles. The predicted octanol–water partition coefficient (Wildman–Crippen LogP) is 1.56. The van der Waals surface area contributed by atoms with E-state index in [1.54, 1.807) is 0 Å². The molecule has 0 aliphatic rings. The Labute approximate surface area is 84.5 Å². The first-order valence-corrected chi connectivity index (χ1v) is 4.13. The van der Waals surface area contributed by atoms with E-state index in [4.69, 9.17) is 5.11 Å². The number of hydrogen-bond donors (Lipinski definition) is 1. The molecule has 0 aliphatic heterocycles. The summed E-state index contributed by atoms with van der Waals surface area (Å²) in [6.07, 6.45) is -1.35.